The second-order valence-electron chi connectivity index (χ2n) is 2.76. The summed E-state index contributed by atoms with van der Waals surface area (Å²) in [6.07, 6.45) is 1.61. The number of primary amides is 1. The van der Waals surface area contributed by atoms with Crippen molar-refractivity contribution in [3.05, 3.63) is 23.9 Å². The van der Waals surface area contributed by atoms with Gasteiger partial charge in [0, 0.05) is 11.1 Å². The smallest absolute Gasteiger partial charge is 0.250 e. The zero-order chi connectivity index (χ0) is 9.42. The van der Waals surface area contributed by atoms with Crippen LogP contribution in [-0.2, 0) is 0 Å². The van der Waals surface area contributed by atoms with Crippen molar-refractivity contribution < 1.29 is 4.79 Å². The van der Waals surface area contributed by atoms with Crippen LogP contribution in [0.1, 0.15) is 10.4 Å². The van der Waals surface area contributed by atoms with E-state index in [1.807, 2.05) is 0 Å². The SMILES string of the molecule is NC(=O)c1cc2cn[nH]c2cc1N. The fraction of sp³-hybridized carbons (Fsp3) is 0. The molecule has 0 fully saturated rings. The first-order valence-corrected chi connectivity index (χ1v) is 3.71. The van der Waals surface area contributed by atoms with Crippen LogP contribution in [0.15, 0.2) is 18.3 Å². The van der Waals surface area contributed by atoms with E-state index in [0.29, 0.717) is 11.3 Å². The largest absolute Gasteiger partial charge is 0.398 e. The molecule has 0 aliphatic rings. The number of H-pyrrole nitrogens is 1. The molecule has 0 aliphatic heterocycles. The van der Waals surface area contributed by atoms with Gasteiger partial charge in [0.15, 0.2) is 0 Å². The van der Waals surface area contributed by atoms with Crippen LogP contribution in [-0.4, -0.2) is 16.1 Å². The van der Waals surface area contributed by atoms with Gasteiger partial charge in [-0.2, -0.15) is 5.10 Å². The first-order valence-electron chi connectivity index (χ1n) is 3.71. The number of amides is 1. The van der Waals surface area contributed by atoms with Gasteiger partial charge >= 0.3 is 0 Å². The van der Waals surface area contributed by atoms with Crippen molar-refractivity contribution >= 4 is 22.5 Å². The monoisotopic (exact) mass is 176 g/mol. The fourth-order valence-electron chi connectivity index (χ4n) is 1.22. The summed E-state index contributed by atoms with van der Waals surface area (Å²) in [5.41, 5.74) is 12.2. The van der Waals surface area contributed by atoms with E-state index in [0.717, 1.165) is 10.9 Å². The third-order valence-corrected chi connectivity index (χ3v) is 1.88. The first kappa shape index (κ1) is 7.60. The molecule has 0 aliphatic carbocycles. The Morgan fingerprint density at radius 3 is 2.92 bits per heavy atom. The van der Waals surface area contributed by atoms with Gasteiger partial charge in [0.25, 0.3) is 5.91 Å². The molecule has 0 saturated heterocycles. The van der Waals surface area contributed by atoms with Crippen molar-refractivity contribution in [3.8, 4) is 0 Å². The number of benzene rings is 1. The number of rotatable bonds is 1. The van der Waals surface area contributed by atoms with Gasteiger partial charge in [-0.05, 0) is 12.1 Å². The molecule has 0 spiro atoms. The van der Waals surface area contributed by atoms with Crippen LogP contribution in [0.25, 0.3) is 10.9 Å². The quantitative estimate of drug-likeness (QED) is 0.543. The van der Waals surface area contributed by atoms with Gasteiger partial charge in [-0.3, -0.25) is 9.89 Å². The minimum Gasteiger partial charge on any atom is -0.398 e. The lowest BCUT2D eigenvalue weighted by molar-refractivity contribution is 0.100. The normalized spacial score (nSPS) is 10.5. The van der Waals surface area contributed by atoms with Crippen LogP contribution in [0.2, 0.25) is 0 Å². The van der Waals surface area contributed by atoms with Crippen LogP contribution < -0.4 is 11.5 Å². The maximum absolute atomic E-state index is 10.9. The Labute approximate surface area is 73.7 Å². The molecule has 5 N–H and O–H groups in total. The van der Waals surface area contributed by atoms with Crippen LogP contribution in [0, 0.1) is 0 Å². The van der Waals surface area contributed by atoms with Gasteiger partial charge in [-0.1, -0.05) is 0 Å². The molecule has 13 heavy (non-hydrogen) atoms. The summed E-state index contributed by atoms with van der Waals surface area (Å²) >= 11 is 0. The van der Waals surface area contributed by atoms with E-state index in [9.17, 15) is 4.79 Å². The van der Waals surface area contributed by atoms with Gasteiger partial charge in [0.1, 0.15) is 0 Å². The number of anilines is 1. The van der Waals surface area contributed by atoms with E-state index in [2.05, 4.69) is 10.2 Å². The molecule has 0 atom stereocenters. The highest BCUT2D eigenvalue weighted by molar-refractivity contribution is 6.02. The molecule has 5 heteroatoms. The lowest BCUT2D eigenvalue weighted by Gasteiger charge is -2.00. The average Bonchev–Trinajstić information content (AvgIpc) is 2.48. The fourth-order valence-corrected chi connectivity index (χ4v) is 1.22. The number of carbonyl (C=O) groups excluding carboxylic acids is 1. The van der Waals surface area contributed by atoms with E-state index in [-0.39, 0.29) is 0 Å². The number of hydrogen-bond acceptors (Lipinski definition) is 3. The van der Waals surface area contributed by atoms with Crippen molar-refractivity contribution in [1.29, 1.82) is 0 Å². The highest BCUT2D eigenvalue weighted by Crippen LogP contribution is 2.19. The Morgan fingerprint density at radius 2 is 2.23 bits per heavy atom. The molecule has 1 aromatic carbocycles. The van der Waals surface area contributed by atoms with Crippen molar-refractivity contribution in [3.63, 3.8) is 0 Å². The molecule has 5 nitrogen and oxygen atoms in total. The molecule has 2 aromatic rings. The zero-order valence-corrected chi connectivity index (χ0v) is 6.74. The van der Waals surface area contributed by atoms with Crippen LogP contribution >= 0.6 is 0 Å². The summed E-state index contributed by atoms with van der Waals surface area (Å²) in [5, 5.41) is 7.38. The van der Waals surface area contributed by atoms with Gasteiger partial charge in [-0.25, -0.2) is 0 Å². The maximum Gasteiger partial charge on any atom is 0.250 e. The molecule has 0 saturated carbocycles. The number of fused-ring (bicyclic) bond motifs is 1. The van der Waals surface area contributed by atoms with Gasteiger partial charge in [0.2, 0.25) is 0 Å². The molecule has 1 heterocycles. The first-order chi connectivity index (χ1) is 6.18. The molecule has 0 radical (unpaired) electrons. The molecular formula is C8H8N4O. The minimum atomic E-state index is -0.527. The van der Waals surface area contributed by atoms with Crippen LogP contribution in [0.3, 0.4) is 0 Å². The van der Waals surface area contributed by atoms with Crippen molar-refractivity contribution in [2.45, 2.75) is 0 Å². The van der Waals surface area contributed by atoms with E-state index in [4.69, 9.17) is 11.5 Å². The lowest BCUT2D eigenvalue weighted by Crippen LogP contribution is -2.13. The number of nitrogens with two attached hydrogens (primary N) is 2. The molecule has 66 valence electrons. The molecule has 1 aromatic heterocycles. The van der Waals surface area contributed by atoms with Crippen LogP contribution in [0.5, 0.6) is 0 Å². The predicted octanol–water partition coefficient (Wildman–Crippen LogP) is 0.244. The highest BCUT2D eigenvalue weighted by atomic mass is 16.1. The van der Waals surface area contributed by atoms with Crippen LogP contribution in [0.4, 0.5) is 5.69 Å². The number of aromatic nitrogens is 2. The summed E-state index contributed by atoms with van der Waals surface area (Å²) in [5.74, 6) is -0.527. The number of nitrogens with zero attached hydrogens (tertiary/aromatic N) is 1. The van der Waals surface area contributed by atoms with Gasteiger partial charge < -0.3 is 11.5 Å². The zero-order valence-electron chi connectivity index (χ0n) is 6.74. The van der Waals surface area contributed by atoms with E-state index >= 15 is 0 Å². The predicted molar refractivity (Wildman–Crippen MR) is 49.0 cm³/mol. The summed E-state index contributed by atoms with van der Waals surface area (Å²) in [7, 11) is 0. The minimum absolute atomic E-state index is 0.328. The summed E-state index contributed by atoms with van der Waals surface area (Å²) in [4.78, 5) is 10.9. The number of hydrogen-bond donors (Lipinski definition) is 3. The summed E-state index contributed by atoms with van der Waals surface area (Å²) in [6, 6.07) is 3.26. The molecule has 1 amide bonds. The van der Waals surface area contributed by atoms with E-state index < -0.39 is 5.91 Å². The van der Waals surface area contributed by atoms with Crippen molar-refractivity contribution in [2.75, 3.05) is 5.73 Å². The van der Waals surface area contributed by atoms with E-state index in [1.165, 1.54) is 0 Å². The van der Waals surface area contributed by atoms with Gasteiger partial charge in [0.05, 0.1) is 17.3 Å². The molecule has 0 bridgehead atoms. The number of aromatic amines is 1. The Bertz CT molecular complexity index is 474. The number of nitrogen functional groups attached to an aromatic ring is 1. The summed E-state index contributed by atoms with van der Waals surface area (Å²) in [6.45, 7) is 0. The second-order valence-corrected chi connectivity index (χ2v) is 2.76. The standard InChI is InChI=1S/C8H8N4O/c9-6-2-7-4(3-11-12-7)1-5(6)8(10)13/h1-3H,9H2,(H2,10,13)(H,11,12). The summed E-state index contributed by atoms with van der Waals surface area (Å²) < 4.78 is 0. The van der Waals surface area contributed by atoms with Crippen molar-refractivity contribution in [1.82, 2.24) is 10.2 Å². The number of carbonyl (C=O) groups is 1. The third kappa shape index (κ3) is 1.10. The average molecular weight is 176 g/mol. The molecule has 0 unspecified atom stereocenters. The Hall–Kier alpha value is -2.04. The third-order valence-electron chi connectivity index (χ3n) is 1.88. The molecule has 2 rings (SSSR count). The van der Waals surface area contributed by atoms with E-state index in [1.54, 1.807) is 18.3 Å². The second kappa shape index (κ2) is 2.48. The topological polar surface area (TPSA) is 97.8 Å². The molecular weight excluding hydrogens is 168 g/mol. The highest BCUT2D eigenvalue weighted by Gasteiger charge is 2.07. The Morgan fingerprint density at radius 1 is 1.46 bits per heavy atom. The maximum atomic E-state index is 10.9. The lowest BCUT2D eigenvalue weighted by atomic mass is 10.1. The Balaban J connectivity index is 2.76. The van der Waals surface area contributed by atoms with Gasteiger partial charge in [-0.15, -0.1) is 0 Å². The van der Waals surface area contributed by atoms with Crippen molar-refractivity contribution in [2.24, 2.45) is 5.73 Å². The Kier molecular flexibility index (Phi) is 1.45. The number of nitrogens with one attached hydrogen (secondary N) is 1.